The molecule has 9 nitrogen and oxygen atoms in total. The van der Waals surface area contributed by atoms with Gasteiger partial charge in [-0.1, -0.05) is 44.1 Å². The van der Waals surface area contributed by atoms with Crippen LogP contribution in [-0.2, 0) is 14.4 Å². The molecular formula is C32H39N5O4. The third kappa shape index (κ3) is 7.58. The number of aromatic hydroxyl groups is 1. The van der Waals surface area contributed by atoms with Gasteiger partial charge in [-0.15, -0.1) is 6.42 Å². The van der Waals surface area contributed by atoms with Gasteiger partial charge in [-0.3, -0.25) is 14.4 Å². The number of aromatic nitrogens is 1. The van der Waals surface area contributed by atoms with E-state index in [4.69, 9.17) is 6.42 Å². The van der Waals surface area contributed by atoms with E-state index in [1.807, 2.05) is 39.0 Å². The average molecular weight is 558 g/mol. The lowest BCUT2D eigenvalue weighted by Crippen LogP contribution is -2.47. The van der Waals surface area contributed by atoms with Crippen LogP contribution in [-0.4, -0.2) is 69.8 Å². The first-order valence-corrected chi connectivity index (χ1v) is 14.0. The Hall–Kier alpha value is -4.50. The zero-order chi connectivity index (χ0) is 30.0. The van der Waals surface area contributed by atoms with Gasteiger partial charge in [0.1, 0.15) is 17.8 Å². The van der Waals surface area contributed by atoms with Crippen LogP contribution < -0.4 is 5.32 Å². The number of carbonyl (C=O) groups excluding carboxylic acids is 3. The molecule has 3 fully saturated rings. The number of H-pyrrole nitrogens is 1. The lowest BCUT2D eigenvalue weighted by molar-refractivity contribution is -0.139. The number of fused-ring (bicyclic) bond motifs is 1. The van der Waals surface area contributed by atoms with Crippen LogP contribution in [0.15, 0.2) is 48.6 Å². The van der Waals surface area contributed by atoms with Crippen molar-refractivity contribution in [2.45, 2.75) is 58.5 Å². The standard InChI is InChI=1S/C21H24N4O3.C9H9NO.C2H6/c1-2-3-4-5-6-9-23-19(27)16-10-17(12-22)25(13-16)20(28)18-11-21(7-8-21)14-24(18)15-26;1-6-5-7-8(10-6)3-2-4-9(7)11;1-2/h1,3-6,15-18H,7-11,13-14H2,(H,23,27);2-5,10-11H,1H3;1-2H3/b4-3-,6-5-;;. The van der Waals surface area contributed by atoms with Crippen molar-refractivity contribution >= 4 is 29.1 Å². The molecule has 1 spiro atoms. The number of aromatic amines is 1. The molecule has 0 radical (unpaired) electrons. The number of nitriles is 1. The number of nitrogens with zero attached hydrogens (tertiary/aromatic N) is 3. The Bertz CT molecular complexity index is 1370. The molecule has 3 heterocycles. The van der Waals surface area contributed by atoms with Gasteiger partial charge in [0.15, 0.2) is 0 Å². The van der Waals surface area contributed by atoms with Gasteiger partial charge >= 0.3 is 0 Å². The number of terminal acetylenes is 1. The molecule has 2 aromatic rings. The number of rotatable bonds is 6. The number of carbonyl (C=O) groups is 3. The van der Waals surface area contributed by atoms with Crippen LogP contribution in [0.25, 0.3) is 10.9 Å². The summed E-state index contributed by atoms with van der Waals surface area (Å²) in [6.45, 7) is 7.14. The molecule has 3 atom stereocenters. The van der Waals surface area contributed by atoms with Gasteiger partial charge in [0.2, 0.25) is 18.2 Å². The number of amides is 3. The number of phenols is 1. The highest BCUT2D eigenvalue weighted by molar-refractivity contribution is 5.87. The van der Waals surface area contributed by atoms with Gasteiger partial charge in [-0.25, -0.2) is 0 Å². The molecule has 1 aliphatic carbocycles. The van der Waals surface area contributed by atoms with E-state index < -0.39 is 18.0 Å². The highest BCUT2D eigenvalue weighted by Gasteiger charge is 2.55. The Balaban J connectivity index is 0.000000294. The maximum Gasteiger partial charge on any atom is 0.246 e. The number of allylic oxidation sites excluding steroid dienone is 3. The number of benzene rings is 1. The fraction of sp³-hybridized carbons (Fsp3) is 0.438. The second kappa shape index (κ2) is 14.2. The van der Waals surface area contributed by atoms with E-state index in [9.17, 15) is 24.8 Å². The lowest BCUT2D eigenvalue weighted by atomic mass is 10.0. The first kappa shape index (κ1) is 31.0. The first-order chi connectivity index (χ1) is 19.8. The molecule has 1 aromatic heterocycles. The van der Waals surface area contributed by atoms with Gasteiger partial charge in [0.05, 0.1) is 12.0 Å². The monoisotopic (exact) mass is 557 g/mol. The largest absolute Gasteiger partial charge is 0.507 e. The minimum absolute atomic E-state index is 0.0973. The molecule has 0 bridgehead atoms. The van der Waals surface area contributed by atoms with Crippen molar-refractivity contribution in [1.82, 2.24) is 20.1 Å². The SMILES string of the molecule is C#C/C=C\C=C/CNC(=O)C1CC(C#N)N(C(=O)C2CC3(CC3)CN2C=O)C1.CC.Cc1cc2c(O)cccc2[nH]1. The third-order valence-corrected chi connectivity index (χ3v) is 7.64. The molecule has 41 heavy (non-hydrogen) atoms. The van der Waals surface area contributed by atoms with E-state index >= 15 is 0 Å². The van der Waals surface area contributed by atoms with E-state index in [1.165, 1.54) is 4.90 Å². The maximum absolute atomic E-state index is 13.0. The van der Waals surface area contributed by atoms with E-state index in [2.05, 4.69) is 22.3 Å². The Labute approximate surface area is 241 Å². The minimum Gasteiger partial charge on any atom is -0.507 e. The molecule has 3 N–H and O–H groups in total. The molecule has 3 unspecified atom stereocenters. The van der Waals surface area contributed by atoms with Crippen molar-refractivity contribution in [1.29, 1.82) is 5.26 Å². The highest BCUT2D eigenvalue weighted by atomic mass is 16.3. The Morgan fingerprint density at radius 2 is 2.05 bits per heavy atom. The summed E-state index contributed by atoms with van der Waals surface area (Å²) < 4.78 is 0. The van der Waals surface area contributed by atoms with E-state index in [0.29, 0.717) is 31.7 Å². The van der Waals surface area contributed by atoms with Crippen LogP contribution in [0.4, 0.5) is 0 Å². The van der Waals surface area contributed by atoms with Crippen LogP contribution in [0.1, 0.15) is 45.2 Å². The second-order valence-electron chi connectivity index (χ2n) is 10.5. The number of hydrogen-bond donors (Lipinski definition) is 3. The zero-order valence-electron chi connectivity index (χ0n) is 24.0. The van der Waals surface area contributed by atoms with Crippen molar-refractivity contribution in [3.05, 3.63) is 54.3 Å². The van der Waals surface area contributed by atoms with Crippen LogP contribution in [0.3, 0.4) is 0 Å². The summed E-state index contributed by atoms with van der Waals surface area (Å²) in [5, 5.41) is 22.5. The fourth-order valence-electron chi connectivity index (χ4n) is 5.39. The van der Waals surface area contributed by atoms with Crippen LogP contribution in [0, 0.1) is 41.9 Å². The smallest absolute Gasteiger partial charge is 0.246 e. The Morgan fingerprint density at radius 3 is 2.68 bits per heavy atom. The highest BCUT2D eigenvalue weighted by Crippen LogP contribution is 2.54. The van der Waals surface area contributed by atoms with Gasteiger partial charge in [-0.2, -0.15) is 5.26 Å². The summed E-state index contributed by atoms with van der Waals surface area (Å²) in [6.07, 6.45) is 15.6. The Morgan fingerprint density at radius 1 is 1.29 bits per heavy atom. The summed E-state index contributed by atoms with van der Waals surface area (Å²) >= 11 is 0. The lowest BCUT2D eigenvalue weighted by Gasteiger charge is -2.27. The van der Waals surface area contributed by atoms with Crippen LogP contribution in [0.2, 0.25) is 0 Å². The number of nitrogens with one attached hydrogen (secondary N) is 2. The molecule has 216 valence electrons. The van der Waals surface area contributed by atoms with Crippen molar-refractivity contribution < 1.29 is 19.5 Å². The molecule has 3 amide bonds. The van der Waals surface area contributed by atoms with Crippen molar-refractivity contribution in [3.8, 4) is 24.2 Å². The Kier molecular flexibility index (Phi) is 10.8. The second-order valence-corrected chi connectivity index (χ2v) is 10.5. The van der Waals surface area contributed by atoms with Gasteiger partial charge in [0.25, 0.3) is 0 Å². The molecular weight excluding hydrogens is 518 g/mol. The summed E-state index contributed by atoms with van der Waals surface area (Å²) in [4.78, 5) is 43.0. The average Bonchev–Trinajstić information content (AvgIpc) is 3.29. The fourth-order valence-corrected chi connectivity index (χ4v) is 5.39. The van der Waals surface area contributed by atoms with E-state index in [1.54, 1.807) is 35.3 Å². The number of likely N-dealkylation sites (tertiary alicyclic amines) is 2. The van der Waals surface area contributed by atoms with Gasteiger partial charge in [0, 0.05) is 36.2 Å². The summed E-state index contributed by atoms with van der Waals surface area (Å²) in [5.74, 6) is 1.89. The number of hydrogen-bond acceptors (Lipinski definition) is 5. The molecule has 9 heteroatoms. The molecule has 2 aliphatic heterocycles. The topological polar surface area (TPSA) is 130 Å². The van der Waals surface area contributed by atoms with Crippen molar-refractivity contribution in [3.63, 3.8) is 0 Å². The molecule has 1 saturated carbocycles. The van der Waals surface area contributed by atoms with E-state index in [-0.39, 0.29) is 23.8 Å². The first-order valence-electron chi connectivity index (χ1n) is 14.0. The predicted octanol–water partition coefficient (Wildman–Crippen LogP) is 3.81. The molecule has 1 aromatic carbocycles. The maximum atomic E-state index is 13.0. The number of aryl methyl sites for hydroxylation is 1. The van der Waals surface area contributed by atoms with Crippen molar-refractivity contribution in [2.75, 3.05) is 19.6 Å². The normalized spacial score (nSPS) is 22.0. The van der Waals surface area contributed by atoms with Crippen LogP contribution in [0.5, 0.6) is 5.75 Å². The molecule has 2 saturated heterocycles. The molecule has 3 aliphatic rings. The summed E-state index contributed by atoms with van der Waals surface area (Å²) in [6, 6.07) is 8.39. The molecule has 5 rings (SSSR count). The van der Waals surface area contributed by atoms with Crippen molar-refractivity contribution in [2.24, 2.45) is 11.3 Å². The van der Waals surface area contributed by atoms with Gasteiger partial charge < -0.3 is 25.2 Å². The van der Waals surface area contributed by atoms with Gasteiger partial charge in [-0.05, 0) is 62.3 Å². The van der Waals surface area contributed by atoms with Crippen LogP contribution >= 0.6 is 0 Å². The number of phenolic OH excluding ortho intramolecular Hbond substituents is 1. The predicted molar refractivity (Wildman–Crippen MR) is 158 cm³/mol. The van der Waals surface area contributed by atoms with E-state index in [0.717, 1.165) is 35.8 Å². The minimum atomic E-state index is -0.637. The summed E-state index contributed by atoms with van der Waals surface area (Å²) in [5.41, 5.74) is 2.16. The zero-order valence-corrected chi connectivity index (χ0v) is 24.0. The quantitative estimate of drug-likeness (QED) is 0.283. The summed E-state index contributed by atoms with van der Waals surface area (Å²) in [7, 11) is 0. The third-order valence-electron chi connectivity index (χ3n) is 7.64.